The first-order valence-corrected chi connectivity index (χ1v) is 16.6. The number of H-pyrrole nitrogens is 1. The fourth-order valence-corrected chi connectivity index (χ4v) is 8.42. The van der Waals surface area contributed by atoms with E-state index in [-0.39, 0.29) is 21.8 Å². The average molecular weight is 501 g/mol. The van der Waals surface area contributed by atoms with Gasteiger partial charge in [0.2, 0.25) is 0 Å². The molecule has 6 heteroatoms. The quantitative estimate of drug-likeness (QED) is 0.268. The monoisotopic (exact) mass is 500 g/mol. The lowest BCUT2D eigenvalue weighted by atomic mass is 9.49. The zero-order valence-corrected chi connectivity index (χ0v) is 24.4. The zero-order chi connectivity index (χ0) is 25.8. The maximum Gasteiger partial charge on any atom is 0.302 e. The molecule has 35 heavy (non-hydrogen) atoms. The first-order chi connectivity index (χ1) is 16.2. The molecule has 0 aliphatic heterocycles. The summed E-state index contributed by atoms with van der Waals surface area (Å²) in [6.07, 6.45) is 8.62. The molecule has 2 saturated carbocycles. The molecule has 1 aromatic heterocycles. The molecule has 0 saturated heterocycles. The molecule has 1 heterocycles. The number of hydrogen-bond donors (Lipinski definition) is 1. The molecular formula is C29H48N2O3Si. The summed E-state index contributed by atoms with van der Waals surface area (Å²) < 4.78 is 12.6. The van der Waals surface area contributed by atoms with E-state index in [4.69, 9.17) is 9.16 Å². The van der Waals surface area contributed by atoms with Crippen molar-refractivity contribution < 1.29 is 14.0 Å². The summed E-state index contributed by atoms with van der Waals surface area (Å²) in [5.74, 6) is 1.59. The first-order valence-electron chi connectivity index (χ1n) is 13.7. The Morgan fingerprint density at radius 2 is 1.94 bits per heavy atom. The van der Waals surface area contributed by atoms with Crippen LogP contribution < -0.4 is 0 Å². The van der Waals surface area contributed by atoms with Gasteiger partial charge in [-0.1, -0.05) is 46.8 Å². The Kier molecular flexibility index (Phi) is 6.98. The second-order valence-corrected chi connectivity index (χ2v) is 18.6. The van der Waals surface area contributed by atoms with Crippen LogP contribution in [0, 0.1) is 34.5 Å². The highest BCUT2D eigenvalue weighted by atomic mass is 28.4. The lowest BCUT2D eigenvalue weighted by Gasteiger charge is -2.56. The summed E-state index contributed by atoms with van der Waals surface area (Å²) >= 11 is 0. The zero-order valence-electron chi connectivity index (χ0n) is 23.4. The van der Waals surface area contributed by atoms with Gasteiger partial charge in [-0.05, 0) is 90.8 Å². The minimum atomic E-state index is -1.87. The minimum Gasteiger partial charge on any atom is -0.466 e. The second kappa shape index (κ2) is 9.16. The largest absolute Gasteiger partial charge is 0.466 e. The number of aromatic amines is 1. The highest BCUT2D eigenvalue weighted by Gasteiger charge is 2.57. The highest BCUT2D eigenvalue weighted by molar-refractivity contribution is 6.74. The molecule has 0 unspecified atom stereocenters. The van der Waals surface area contributed by atoms with Gasteiger partial charge in [0.1, 0.15) is 0 Å². The smallest absolute Gasteiger partial charge is 0.302 e. The topological polar surface area (TPSA) is 64.2 Å². The van der Waals surface area contributed by atoms with E-state index in [2.05, 4.69) is 64.5 Å². The predicted octanol–water partition coefficient (Wildman–Crippen LogP) is 6.71. The molecule has 0 spiro atoms. The molecule has 196 valence electrons. The summed E-state index contributed by atoms with van der Waals surface area (Å²) in [6, 6.07) is 0. The van der Waals surface area contributed by atoms with Crippen molar-refractivity contribution in [3.8, 4) is 0 Å². The van der Waals surface area contributed by atoms with Gasteiger partial charge < -0.3 is 9.16 Å². The minimum absolute atomic E-state index is 0.0648. The highest BCUT2D eigenvalue weighted by Crippen LogP contribution is 2.63. The van der Waals surface area contributed by atoms with Crippen molar-refractivity contribution in [1.29, 1.82) is 0 Å². The van der Waals surface area contributed by atoms with Gasteiger partial charge >= 0.3 is 5.97 Å². The Balaban J connectivity index is 1.68. The van der Waals surface area contributed by atoms with E-state index in [1.165, 1.54) is 23.3 Å². The van der Waals surface area contributed by atoms with Crippen molar-refractivity contribution in [2.75, 3.05) is 13.2 Å². The van der Waals surface area contributed by atoms with Crippen LogP contribution in [0.15, 0.2) is 18.3 Å². The van der Waals surface area contributed by atoms with Gasteiger partial charge in [-0.3, -0.25) is 9.89 Å². The van der Waals surface area contributed by atoms with Gasteiger partial charge in [0.25, 0.3) is 0 Å². The average Bonchev–Trinajstić information content (AvgIpc) is 3.32. The van der Waals surface area contributed by atoms with Crippen molar-refractivity contribution in [2.24, 2.45) is 34.5 Å². The maximum atomic E-state index is 11.9. The molecule has 1 aromatic rings. The number of nitrogens with zero attached hydrogens (tertiary/aromatic N) is 1. The van der Waals surface area contributed by atoms with Crippen LogP contribution in [-0.4, -0.2) is 37.7 Å². The van der Waals surface area contributed by atoms with Gasteiger partial charge in [0.05, 0.1) is 12.8 Å². The Morgan fingerprint density at radius 1 is 1.23 bits per heavy atom. The summed E-state index contributed by atoms with van der Waals surface area (Å²) in [5, 5.41) is 7.88. The van der Waals surface area contributed by atoms with E-state index in [9.17, 15) is 4.79 Å². The van der Waals surface area contributed by atoms with Crippen molar-refractivity contribution in [3.63, 3.8) is 0 Å². The maximum absolute atomic E-state index is 11.9. The van der Waals surface area contributed by atoms with Crippen LogP contribution in [0.1, 0.15) is 78.5 Å². The van der Waals surface area contributed by atoms with Crippen molar-refractivity contribution in [2.45, 2.75) is 98.2 Å². The molecule has 0 aromatic carbocycles. The number of rotatable bonds is 6. The van der Waals surface area contributed by atoms with Gasteiger partial charge in [-0.15, -0.1) is 0 Å². The normalized spacial score (nSPS) is 35.5. The Bertz CT molecular complexity index is 963. The van der Waals surface area contributed by atoms with E-state index < -0.39 is 8.32 Å². The summed E-state index contributed by atoms with van der Waals surface area (Å²) in [4.78, 5) is 11.9. The fraction of sp³-hybridized carbons (Fsp3) is 0.793. The molecule has 0 amide bonds. The molecular weight excluding hydrogens is 452 g/mol. The van der Waals surface area contributed by atoms with Crippen LogP contribution in [-0.2, 0) is 26.8 Å². The van der Waals surface area contributed by atoms with E-state index in [0.29, 0.717) is 30.3 Å². The molecule has 0 radical (unpaired) electrons. The number of ether oxygens (including phenoxy) is 1. The molecule has 1 N–H and O–H groups in total. The summed E-state index contributed by atoms with van der Waals surface area (Å²) in [6.45, 7) is 23.9. The molecule has 3 aliphatic carbocycles. The lowest BCUT2D eigenvalue weighted by Crippen LogP contribution is -2.53. The van der Waals surface area contributed by atoms with Crippen LogP contribution in [0.3, 0.4) is 0 Å². The number of aromatic nitrogens is 2. The third-order valence-electron chi connectivity index (χ3n) is 10.9. The Hall–Kier alpha value is -1.40. The SMILES string of the molecule is C=C1CC[C@H]2[C@H](COC(C)=O)[C@@H]([C@@]3(C)Cc4cn[nH]c4C[C@@H]3CO[Si](C)(C)C(C)(C)C)CC[C@]12C. The third-order valence-corrected chi connectivity index (χ3v) is 15.4. The number of nitrogens with one attached hydrogen (secondary N) is 1. The molecule has 2 fully saturated rings. The number of allylic oxidation sites excluding steroid dienone is 1. The van der Waals surface area contributed by atoms with E-state index >= 15 is 0 Å². The number of carbonyl (C=O) groups excluding carboxylic acids is 1. The molecule has 0 bridgehead atoms. The van der Waals surface area contributed by atoms with Crippen LogP contribution in [0.25, 0.3) is 0 Å². The van der Waals surface area contributed by atoms with Crippen molar-refractivity contribution in [1.82, 2.24) is 10.2 Å². The predicted molar refractivity (Wildman–Crippen MR) is 144 cm³/mol. The van der Waals surface area contributed by atoms with Gasteiger partial charge in [-0.2, -0.15) is 5.10 Å². The van der Waals surface area contributed by atoms with Crippen molar-refractivity contribution >= 4 is 14.3 Å². The van der Waals surface area contributed by atoms with Crippen LogP contribution in [0.5, 0.6) is 0 Å². The first kappa shape index (κ1) is 26.7. The summed E-state index contributed by atoms with van der Waals surface area (Å²) in [5.41, 5.74) is 4.26. The van der Waals surface area contributed by atoms with Gasteiger partial charge in [0, 0.05) is 25.1 Å². The van der Waals surface area contributed by atoms with Crippen molar-refractivity contribution in [3.05, 3.63) is 29.6 Å². The van der Waals surface area contributed by atoms with Crippen LogP contribution >= 0.6 is 0 Å². The number of hydrogen-bond acceptors (Lipinski definition) is 4. The van der Waals surface area contributed by atoms with E-state index in [1.54, 1.807) is 6.92 Å². The summed E-state index contributed by atoms with van der Waals surface area (Å²) in [7, 11) is -1.87. The molecule has 3 aliphatic rings. The lowest BCUT2D eigenvalue weighted by molar-refractivity contribution is -0.148. The molecule has 5 nitrogen and oxygen atoms in total. The van der Waals surface area contributed by atoms with E-state index in [0.717, 1.165) is 38.7 Å². The Morgan fingerprint density at radius 3 is 2.60 bits per heavy atom. The van der Waals surface area contributed by atoms with E-state index in [1.807, 2.05) is 6.20 Å². The van der Waals surface area contributed by atoms with Gasteiger partial charge in [0.15, 0.2) is 8.32 Å². The van der Waals surface area contributed by atoms with Crippen LogP contribution in [0.4, 0.5) is 0 Å². The number of esters is 1. The number of carbonyl (C=O) groups is 1. The second-order valence-electron chi connectivity index (χ2n) is 13.8. The van der Waals surface area contributed by atoms with Gasteiger partial charge in [-0.25, -0.2) is 0 Å². The number of fused-ring (bicyclic) bond motifs is 2. The third kappa shape index (κ3) is 4.70. The molecule has 4 rings (SSSR count). The molecule has 6 atom stereocenters. The van der Waals surface area contributed by atoms with Crippen LogP contribution in [0.2, 0.25) is 18.1 Å². The standard InChI is InChI=1S/C29H48N2O3Si/c1-19-10-11-24-23(18-33-20(2)32)25(12-13-28(19,24)6)29(7)15-21-16-30-31-26(21)14-22(29)17-34-35(8,9)27(3,4)5/h16,22-25H,1,10-15,17-18H2,2-9H3,(H,30,31)/t22-,23+,24+,25+,28-,29+/m1/s1. The fourth-order valence-electron chi connectivity index (χ4n) is 7.37. The Labute approximate surface area is 214 Å².